The van der Waals surface area contributed by atoms with Crippen molar-refractivity contribution in [2.75, 3.05) is 5.32 Å². The molecule has 0 heterocycles. The summed E-state index contributed by atoms with van der Waals surface area (Å²) in [5.74, 6) is -2.68. The highest BCUT2D eigenvalue weighted by Crippen LogP contribution is 2.20. The average Bonchev–Trinajstić information content (AvgIpc) is 2.24. The van der Waals surface area contributed by atoms with Crippen molar-refractivity contribution in [1.82, 2.24) is 0 Å². The smallest absolute Gasteiger partial charge is 0.316 e. The molecule has 0 saturated heterocycles. The zero-order valence-corrected chi connectivity index (χ0v) is 10.4. The summed E-state index contributed by atoms with van der Waals surface area (Å²) >= 11 is 5.91. The lowest BCUT2D eigenvalue weighted by Crippen LogP contribution is -2.28. The first-order valence-corrected chi connectivity index (χ1v) is 5.63. The third kappa shape index (κ3) is 3.46. The summed E-state index contributed by atoms with van der Waals surface area (Å²) in [6, 6.07) is 5.05. The Balaban J connectivity index is 2.80. The first-order valence-electron chi connectivity index (χ1n) is 5.25. The van der Waals surface area contributed by atoms with Gasteiger partial charge in [-0.1, -0.05) is 24.6 Å². The van der Waals surface area contributed by atoms with Crippen LogP contribution in [0.1, 0.15) is 18.9 Å². The molecule has 5 heteroatoms. The van der Waals surface area contributed by atoms with E-state index in [9.17, 15) is 9.59 Å². The van der Waals surface area contributed by atoms with Crippen LogP contribution in [-0.2, 0) is 9.59 Å². The number of carboxylic acids is 1. The van der Waals surface area contributed by atoms with Gasteiger partial charge in [-0.2, -0.15) is 0 Å². The highest BCUT2D eigenvalue weighted by molar-refractivity contribution is 6.31. The Morgan fingerprint density at radius 3 is 2.59 bits per heavy atom. The van der Waals surface area contributed by atoms with Crippen molar-refractivity contribution in [2.24, 2.45) is 5.92 Å². The molecule has 92 valence electrons. The Kier molecular flexibility index (Phi) is 4.52. The van der Waals surface area contributed by atoms with Gasteiger partial charge in [-0.15, -0.1) is 0 Å². The van der Waals surface area contributed by atoms with Crippen molar-refractivity contribution in [3.05, 3.63) is 28.8 Å². The number of benzene rings is 1. The van der Waals surface area contributed by atoms with Crippen molar-refractivity contribution in [3.63, 3.8) is 0 Å². The van der Waals surface area contributed by atoms with E-state index >= 15 is 0 Å². The van der Waals surface area contributed by atoms with Crippen molar-refractivity contribution < 1.29 is 14.7 Å². The minimum absolute atomic E-state index is 0.251. The first kappa shape index (κ1) is 13.5. The molecule has 0 aliphatic carbocycles. The summed E-state index contributed by atoms with van der Waals surface area (Å²) in [7, 11) is 0. The number of carbonyl (C=O) groups excluding carboxylic acids is 1. The maximum Gasteiger partial charge on any atom is 0.316 e. The molecule has 0 aliphatic heterocycles. The second-order valence-corrected chi connectivity index (χ2v) is 4.16. The zero-order valence-electron chi connectivity index (χ0n) is 9.66. The number of anilines is 1. The third-order valence-electron chi connectivity index (χ3n) is 2.46. The summed E-state index contributed by atoms with van der Waals surface area (Å²) in [6.45, 7) is 3.50. The summed E-state index contributed by atoms with van der Waals surface area (Å²) in [4.78, 5) is 22.4. The molecule has 1 aromatic rings. The number of nitrogens with one attached hydrogen (secondary N) is 1. The van der Waals surface area contributed by atoms with Gasteiger partial charge in [0.25, 0.3) is 0 Å². The van der Waals surface area contributed by atoms with E-state index in [1.54, 1.807) is 25.1 Å². The van der Waals surface area contributed by atoms with E-state index in [-0.39, 0.29) is 6.42 Å². The maximum atomic E-state index is 11.6. The van der Waals surface area contributed by atoms with Crippen molar-refractivity contribution in [2.45, 2.75) is 20.3 Å². The number of aliphatic carboxylic acids is 1. The van der Waals surface area contributed by atoms with Crippen LogP contribution in [0, 0.1) is 12.8 Å². The molecule has 0 spiro atoms. The number of rotatable bonds is 4. The maximum absolute atomic E-state index is 11.6. The average molecular weight is 256 g/mol. The predicted molar refractivity (Wildman–Crippen MR) is 66.2 cm³/mol. The largest absolute Gasteiger partial charge is 0.481 e. The van der Waals surface area contributed by atoms with E-state index in [0.29, 0.717) is 10.7 Å². The Hall–Kier alpha value is -1.55. The van der Waals surface area contributed by atoms with Crippen LogP contribution in [-0.4, -0.2) is 17.0 Å². The van der Waals surface area contributed by atoms with Gasteiger partial charge >= 0.3 is 5.97 Å². The molecule has 17 heavy (non-hydrogen) atoms. The molecule has 0 bridgehead atoms. The fourth-order valence-electron chi connectivity index (χ4n) is 1.37. The van der Waals surface area contributed by atoms with Crippen molar-refractivity contribution in [1.29, 1.82) is 0 Å². The van der Waals surface area contributed by atoms with E-state index in [0.717, 1.165) is 5.56 Å². The molecule has 4 nitrogen and oxygen atoms in total. The van der Waals surface area contributed by atoms with Crippen LogP contribution in [0.2, 0.25) is 5.02 Å². The zero-order chi connectivity index (χ0) is 13.0. The molecule has 1 rings (SSSR count). The van der Waals surface area contributed by atoms with Crippen LogP contribution in [0.25, 0.3) is 0 Å². The van der Waals surface area contributed by atoms with Crippen LogP contribution in [0.4, 0.5) is 5.69 Å². The van der Waals surface area contributed by atoms with Crippen LogP contribution < -0.4 is 5.32 Å². The molecule has 0 radical (unpaired) electrons. The number of carbonyl (C=O) groups is 2. The van der Waals surface area contributed by atoms with Gasteiger partial charge in [0.05, 0.1) is 0 Å². The van der Waals surface area contributed by atoms with Gasteiger partial charge in [0.1, 0.15) is 5.92 Å². The Morgan fingerprint density at radius 1 is 1.47 bits per heavy atom. The van der Waals surface area contributed by atoms with Crippen LogP contribution in [0.5, 0.6) is 0 Å². The normalized spacial score (nSPS) is 11.9. The lowest BCUT2D eigenvalue weighted by Gasteiger charge is -2.11. The number of aryl methyl sites for hydroxylation is 1. The monoisotopic (exact) mass is 255 g/mol. The lowest BCUT2D eigenvalue weighted by atomic mass is 10.1. The fourth-order valence-corrected chi connectivity index (χ4v) is 1.55. The highest BCUT2D eigenvalue weighted by Gasteiger charge is 2.24. The predicted octanol–water partition coefficient (Wildman–Crippen LogP) is 2.70. The highest BCUT2D eigenvalue weighted by atomic mass is 35.5. The fraction of sp³-hybridized carbons (Fsp3) is 0.333. The molecule has 1 amide bonds. The van der Waals surface area contributed by atoms with Crippen molar-refractivity contribution >= 4 is 29.2 Å². The molecular formula is C12H14ClNO3. The molecule has 0 aromatic heterocycles. The molecule has 1 unspecified atom stereocenters. The van der Waals surface area contributed by atoms with Gasteiger partial charge in [-0.05, 0) is 31.0 Å². The van der Waals surface area contributed by atoms with Gasteiger partial charge in [0.2, 0.25) is 5.91 Å². The van der Waals surface area contributed by atoms with Crippen LogP contribution in [0.3, 0.4) is 0 Å². The van der Waals surface area contributed by atoms with Crippen molar-refractivity contribution in [3.8, 4) is 0 Å². The molecule has 0 fully saturated rings. The van der Waals surface area contributed by atoms with Gasteiger partial charge in [0, 0.05) is 10.7 Å². The number of carboxylic acid groups (broad SMARTS) is 1. The number of halogens is 1. The van der Waals surface area contributed by atoms with Crippen LogP contribution >= 0.6 is 11.6 Å². The minimum Gasteiger partial charge on any atom is -0.481 e. The van der Waals surface area contributed by atoms with Gasteiger partial charge in [-0.3, -0.25) is 9.59 Å². The SMILES string of the molecule is CCC(C(=O)O)C(=O)Nc1ccc(C)c(Cl)c1. The second kappa shape index (κ2) is 5.68. The summed E-state index contributed by atoms with van der Waals surface area (Å²) < 4.78 is 0. The van der Waals surface area contributed by atoms with Crippen LogP contribution in [0.15, 0.2) is 18.2 Å². The van der Waals surface area contributed by atoms with E-state index in [1.165, 1.54) is 0 Å². The Labute approximate surface area is 105 Å². The summed E-state index contributed by atoms with van der Waals surface area (Å²) in [5, 5.41) is 11.9. The van der Waals surface area contributed by atoms with Gasteiger partial charge < -0.3 is 10.4 Å². The van der Waals surface area contributed by atoms with E-state index in [4.69, 9.17) is 16.7 Å². The molecule has 1 aromatic carbocycles. The summed E-state index contributed by atoms with van der Waals surface area (Å²) in [6.07, 6.45) is 0.251. The quantitative estimate of drug-likeness (QED) is 0.813. The lowest BCUT2D eigenvalue weighted by molar-refractivity contribution is -0.145. The minimum atomic E-state index is -1.12. The molecule has 2 N–H and O–H groups in total. The second-order valence-electron chi connectivity index (χ2n) is 3.75. The standard InChI is InChI=1S/C12H14ClNO3/c1-3-9(12(16)17)11(15)14-8-5-4-7(2)10(13)6-8/h4-6,9H,3H2,1-2H3,(H,14,15)(H,16,17). The molecular weight excluding hydrogens is 242 g/mol. The number of amides is 1. The van der Waals surface area contributed by atoms with E-state index < -0.39 is 17.8 Å². The van der Waals surface area contributed by atoms with E-state index in [1.807, 2.05) is 6.92 Å². The number of hydrogen-bond donors (Lipinski definition) is 2. The van der Waals surface area contributed by atoms with Gasteiger partial charge in [-0.25, -0.2) is 0 Å². The molecule has 0 saturated carbocycles. The van der Waals surface area contributed by atoms with Gasteiger partial charge in [0.15, 0.2) is 0 Å². The Morgan fingerprint density at radius 2 is 2.12 bits per heavy atom. The number of hydrogen-bond acceptors (Lipinski definition) is 2. The van der Waals surface area contributed by atoms with E-state index in [2.05, 4.69) is 5.32 Å². The third-order valence-corrected chi connectivity index (χ3v) is 2.87. The molecule has 0 aliphatic rings. The Bertz CT molecular complexity index is 445. The molecule has 1 atom stereocenters. The topological polar surface area (TPSA) is 66.4 Å². The summed E-state index contributed by atoms with van der Waals surface area (Å²) in [5.41, 5.74) is 1.40. The first-order chi connectivity index (χ1) is 7.95.